The highest BCUT2D eigenvalue weighted by Crippen LogP contribution is 2.57. The minimum atomic E-state index is -1.54. The van der Waals surface area contributed by atoms with Gasteiger partial charge in [-0.25, -0.2) is 4.98 Å². The molecule has 1 aliphatic heterocycles. The number of carbonyl (C=O) groups is 2. The highest BCUT2D eigenvalue weighted by molar-refractivity contribution is 5.84. The van der Waals surface area contributed by atoms with Gasteiger partial charge in [-0.15, -0.1) is 0 Å². The predicted octanol–water partition coefficient (Wildman–Crippen LogP) is 2.51. The van der Waals surface area contributed by atoms with Gasteiger partial charge in [-0.3, -0.25) is 19.7 Å². The lowest BCUT2D eigenvalue weighted by Crippen LogP contribution is -2.70. The number of non-ortho nitro benzene ring substituents is 1. The van der Waals surface area contributed by atoms with Crippen molar-refractivity contribution in [1.82, 2.24) is 14.9 Å². The number of nitro groups is 1. The zero-order valence-electron chi connectivity index (χ0n) is 17.6. The van der Waals surface area contributed by atoms with Crippen LogP contribution in [0.2, 0.25) is 0 Å². The molecule has 10 nitrogen and oxygen atoms in total. The molecule has 0 spiro atoms. The van der Waals surface area contributed by atoms with Gasteiger partial charge < -0.3 is 20.1 Å². The Kier molecular flexibility index (Phi) is 5.86. The molecule has 0 bridgehead atoms. The van der Waals surface area contributed by atoms with Crippen LogP contribution in [-0.4, -0.2) is 48.7 Å². The fraction of sp³-hybridized carbons (Fsp3) is 0.476. The third-order valence-electron chi connectivity index (χ3n) is 6.90. The summed E-state index contributed by atoms with van der Waals surface area (Å²) in [5.41, 5.74) is -2.96. The van der Waals surface area contributed by atoms with Gasteiger partial charge >= 0.3 is 11.9 Å². The molecule has 0 radical (unpaired) electrons. The van der Waals surface area contributed by atoms with Crippen LogP contribution >= 0.6 is 0 Å². The maximum atomic E-state index is 12.9. The van der Waals surface area contributed by atoms with Crippen LogP contribution in [0.3, 0.4) is 0 Å². The number of benzene rings is 1. The number of rotatable bonds is 7. The normalized spacial score (nSPS) is 30.6. The Balaban J connectivity index is 2.29. The van der Waals surface area contributed by atoms with Crippen molar-refractivity contribution in [3.8, 4) is 0 Å². The third-order valence-corrected chi connectivity index (χ3v) is 6.90. The molecule has 3 N–H and O–H groups in total. The van der Waals surface area contributed by atoms with E-state index in [2.05, 4.69) is 10.3 Å². The molecule has 1 saturated heterocycles. The van der Waals surface area contributed by atoms with Crippen molar-refractivity contribution in [3.63, 3.8) is 0 Å². The van der Waals surface area contributed by atoms with E-state index < -0.39 is 45.7 Å². The second-order valence-corrected chi connectivity index (χ2v) is 8.27. The minimum absolute atomic E-state index is 0.123. The fourth-order valence-corrected chi connectivity index (χ4v) is 5.08. The molecule has 166 valence electrons. The Morgan fingerprint density at radius 2 is 2.03 bits per heavy atom. The first-order valence-electron chi connectivity index (χ1n) is 10.0. The van der Waals surface area contributed by atoms with E-state index in [1.54, 1.807) is 43.2 Å². The number of carboxylic acid groups (broad SMARTS) is 2. The highest BCUT2D eigenvalue weighted by atomic mass is 16.6. The van der Waals surface area contributed by atoms with Crippen LogP contribution in [0.1, 0.15) is 38.7 Å². The first-order chi connectivity index (χ1) is 14.6. The van der Waals surface area contributed by atoms with Crippen molar-refractivity contribution < 1.29 is 24.7 Å². The van der Waals surface area contributed by atoms with Crippen molar-refractivity contribution in [1.29, 1.82) is 0 Å². The van der Waals surface area contributed by atoms with Gasteiger partial charge in [0.1, 0.15) is 0 Å². The van der Waals surface area contributed by atoms with Crippen molar-refractivity contribution in [2.75, 3.05) is 0 Å². The maximum absolute atomic E-state index is 12.9. The molecule has 0 amide bonds. The van der Waals surface area contributed by atoms with Crippen LogP contribution < -0.4 is 5.32 Å². The lowest BCUT2D eigenvalue weighted by molar-refractivity contribution is -0.385. The molecule has 5 atom stereocenters. The largest absolute Gasteiger partial charge is 0.481 e. The monoisotopic (exact) mass is 430 g/mol. The zero-order chi connectivity index (χ0) is 23.0. The van der Waals surface area contributed by atoms with Gasteiger partial charge in [-0.2, -0.15) is 0 Å². The Bertz CT molecular complexity index is 994. The van der Waals surface area contributed by atoms with Gasteiger partial charge in [0.2, 0.25) is 0 Å². The molecule has 0 aliphatic carbocycles. The lowest BCUT2D eigenvalue weighted by atomic mass is 9.51. The van der Waals surface area contributed by atoms with E-state index in [0.717, 1.165) is 0 Å². The minimum Gasteiger partial charge on any atom is -0.481 e. The number of nitrogens with zero attached hydrogens (tertiary/aromatic N) is 3. The molecule has 2 aromatic rings. The number of imidazole rings is 1. The average Bonchev–Trinajstić information content (AvgIpc) is 3.23. The van der Waals surface area contributed by atoms with Crippen molar-refractivity contribution in [2.45, 2.75) is 51.7 Å². The summed E-state index contributed by atoms with van der Waals surface area (Å²) >= 11 is 0. The number of carboxylic acids is 2. The second-order valence-electron chi connectivity index (χ2n) is 8.27. The van der Waals surface area contributed by atoms with Gasteiger partial charge in [0.25, 0.3) is 5.69 Å². The SMILES string of the molecule is CCC1(C(=O)O)C(Cn2ccnc2)NC(C)C(C)(C(=O)O)C1c1cccc([N+](=O)[O-])c1. The number of aliphatic carboxylic acids is 2. The van der Waals surface area contributed by atoms with Crippen molar-refractivity contribution in [3.05, 3.63) is 58.7 Å². The Morgan fingerprint density at radius 1 is 1.32 bits per heavy atom. The standard InChI is InChI=1S/C21H26N4O6/c1-4-21(19(28)29)16(11-24-9-8-22-12-24)23-13(2)20(3,18(26)27)17(21)14-6-5-7-15(10-14)25(30)31/h5-10,12-13,16-17,23H,4,11H2,1-3H3,(H,26,27)(H,28,29). The van der Waals surface area contributed by atoms with Gasteiger partial charge in [-0.1, -0.05) is 19.1 Å². The highest BCUT2D eigenvalue weighted by Gasteiger charge is 2.65. The van der Waals surface area contributed by atoms with E-state index in [1.807, 2.05) is 0 Å². The molecule has 1 aromatic heterocycles. The van der Waals surface area contributed by atoms with Crippen LogP contribution in [0.15, 0.2) is 43.0 Å². The van der Waals surface area contributed by atoms with E-state index >= 15 is 0 Å². The van der Waals surface area contributed by atoms with Crippen LogP contribution in [0, 0.1) is 20.9 Å². The first-order valence-corrected chi connectivity index (χ1v) is 10.0. The fourth-order valence-electron chi connectivity index (χ4n) is 5.08. The molecular weight excluding hydrogens is 404 g/mol. The summed E-state index contributed by atoms with van der Waals surface area (Å²) in [5, 5.41) is 35.4. The molecule has 1 aliphatic rings. The quantitative estimate of drug-likeness (QED) is 0.448. The number of aromatic nitrogens is 2. The second kappa shape index (κ2) is 8.10. The molecule has 2 heterocycles. The lowest BCUT2D eigenvalue weighted by Gasteiger charge is -2.56. The summed E-state index contributed by atoms with van der Waals surface area (Å²) in [6.07, 6.45) is 4.99. The molecule has 0 saturated carbocycles. The average molecular weight is 430 g/mol. The van der Waals surface area contributed by atoms with Gasteiger partial charge in [0.15, 0.2) is 0 Å². The topological polar surface area (TPSA) is 148 Å². The number of hydrogen-bond acceptors (Lipinski definition) is 6. The summed E-state index contributed by atoms with van der Waals surface area (Å²) in [7, 11) is 0. The molecular formula is C21H26N4O6. The summed E-state index contributed by atoms with van der Waals surface area (Å²) < 4.78 is 1.74. The van der Waals surface area contributed by atoms with E-state index in [9.17, 15) is 29.9 Å². The molecule has 5 unspecified atom stereocenters. The molecule has 1 aromatic carbocycles. The number of nitrogens with one attached hydrogen (secondary N) is 1. The Morgan fingerprint density at radius 3 is 2.55 bits per heavy atom. The summed E-state index contributed by atoms with van der Waals surface area (Å²) in [5.74, 6) is -3.34. The molecule has 1 fully saturated rings. The Labute approximate surface area is 179 Å². The number of hydrogen-bond donors (Lipinski definition) is 3. The van der Waals surface area contributed by atoms with Gasteiger partial charge in [0.05, 0.1) is 22.1 Å². The van der Waals surface area contributed by atoms with Crippen LogP contribution in [0.25, 0.3) is 0 Å². The number of piperidine rings is 1. The van der Waals surface area contributed by atoms with E-state index in [0.29, 0.717) is 5.56 Å². The predicted molar refractivity (Wildman–Crippen MR) is 111 cm³/mol. The van der Waals surface area contributed by atoms with Crippen LogP contribution in [0.5, 0.6) is 0 Å². The zero-order valence-corrected chi connectivity index (χ0v) is 17.6. The maximum Gasteiger partial charge on any atom is 0.311 e. The van der Waals surface area contributed by atoms with Crippen LogP contribution in [0.4, 0.5) is 5.69 Å². The summed E-state index contributed by atoms with van der Waals surface area (Å²) in [4.78, 5) is 40.3. The van der Waals surface area contributed by atoms with E-state index in [-0.39, 0.29) is 18.7 Å². The third kappa shape index (κ3) is 3.46. The molecule has 31 heavy (non-hydrogen) atoms. The van der Waals surface area contributed by atoms with E-state index in [4.69, 9.17) is 0 Å². The van der Waals surface area contributed by atoms with Crippen molar-refractivity contribution in [2.24, 2.45) is 10.8 Å². The van der Waals surface area contributed by atoms with Crippen molar-refractivity contribution >= 4 is 17.6 Å². The summed E-state index contributed by atoms with van der Waals surface area (Å²) in [6, 6.07) is 4.40. The summed E-state index contributed by atoms with van der Waals surface area (Å²) in [6.45, 7) is 5.18. The van der Waals surface area contributed by atoms with Gasteiger partial charge in [0, 0.05) is 49.1 Å². The smallest absolute Gasteiger partial charge is 0.311 e. The number of nitro benzene ring substituents is 1. The van der Waals surface area contributed by atoms with Crippen LogP contribution in [-0.2, 0) is 16.1 Å². The molecule has 10 heteroatoms. The molecule has 3 rings (SSSR count). The Hall–Kier alpha value is -3.27. The van der Waals surface area contributed by atoms with E-state index in [1.165, 1.54) is 25.1 Å². The van der Waals surface area contributed by atoms with Gasteiger partial charge in [-0.05, 0) is 25.8 Å². The first kappa shape index (κ1) is 22.4.